The first-order chi connectivity index (χ1) is 34.5. The highest BCUT2D eigenvalue weighted by Gasteiger charge is 2.49. The zero-order valence-electron chi connectivity index (χ0n) is 41.1. The monoisotopic (exact) mass is 914 g/mol. The number of hydrogen-bond acceptors (Lipinski definition) is 2. The summed E-state index contributed by atoms with van der Waals surface area (Å²) < 4.78 is 4.87. The lowest BCUT2D eigenvalue weighted by molar-refractivity contribution is 0.591. The Balaban J connectivity index is 1.17. The molecular formula is C67H54N4. The molecule has 0 fully saturated rings. The molecule has 4 nitrogen and oxygen atoms in total. The van der Waals surface area contributed by atoms with E-state index >= 15 is 0 Å². The predicted molar refractivity (Wildman–Crippen MR) is 296 cm³/mol. The van der Waals surface area contributed by atoms with Crippen LogP contribution in [0.15, 0.2) is 218 Å². The molecule has 4 heterocycles. The van der Waals surface area contributed by atoms with Crippen LogP contribution in [0.1, 0.15) is 74.9 Å². The SMILES string of the molecule is CC(C)(C)c1ccc2c(c1)c1cc(C3(c4ccc5c(c4)c4cc(C(C)(C)C)ccc4n5-c4ccccc4)c4ccc(-c5ccccc5)nc4-c4nc(-c5ccccc5)ccc43)ccc1n2-c1ccccc1. The van der Waals surface area contributed by atoms with Gasteiger partial charge in [-0.3, -0.25) is 0 Å². The van der Waals surface area contributed by atoms with Crippen molar-refractivity contribution in [3.63, 3.8) is 0 Å². The topological polar surface area (TPSA) is 35.6 Å². The average Bonchev–Trinajstić information content (AvgIpc) is 4.01. The molecule has 1 aliphatic carbocycles. The summed E-state index contributed by atoms with van der Waals surface area (Å²) in [5.74, 6) is 0. The smallest absolute Gasteiger partial charge is 0.0945 e. The number of hydrogen-bond donors (Lipinski definition) is 0. The Morgan fingerprint density at radius 3 is 1.04 bits per heavy atom. The van der Waals surface area contributed by atoms with Gasteiger partial charge < -0.3 is 9.13 Å². The summed E-state index contributed by atoms with van der Waals surface area (Å²) in [6.45, 7) is 13.8. The van der Waals surface area contributed by atoms with Gasteiger partial charge in [0, 0.05) is 44.0 Å². The van der Waals surface area contributed by atoms with Gasteiger partial charge in [0.2, 0.25) is 0 Å². The van der Waals surface area contributed by atoms with Crippen molar-refractivity contribution in [2.75, 3.05) is 0 Å². The predicted octanol–water partition coefficient (Wildman–Crippen LogP) is 17.0. The molecule has 0 saturated heterocycles. The van der Waals surface area contributed by atoms with Crippen molar-refractivity contribution in [3.8, 4) is 45.3 Å². The molecule has 13 rings (SSSR count). The van der Waals surface area contributed by atoms with Gasteiger partial charge in [-0.25, -0.2) is 9.97 Å². The van der Waals surface area contributed by atoms with Crippen LogP contribution in [0.25, 0.3) is 88.9 Å². The van der Waals surface area contributed by atoms with Crippen molar-refractivity contribution < 1.29 is 0 Å². The quantitative estimate of drug-likeness (QED) is 0.167. The molecule has 0 N–H and O–H groups in total. The average molecular weight is 915 g/mol. The van der Waals surface area contributed by atoms with Gasteiger partial charge in [-0.05, 0) is 129 Å². The molecule has 4 aromatic heterocycles. The molecule has 71 heavy (non-hydrogen) atoms. The fraction of sp³-hybridized carbons (Fsp3) is 0.134. The van der Waals surface area contributed by atoms with Crippen LogP contribution in [0.4, 0.5) is 0 Å². The number of nitrogens with zero attached hydrogens (tertiary/aromatic N) is 4. The number of aromatic nitrogens is 4. The number of rotatable bonds is 6. The summed E-state index contributed by atoms with van der Waals surface area (Å²) in [6.07, 6.45) is 0. The van der Waals surface area contributed by atoms with Crippen LogP contribution >= 0.6 is 0 Å². The summed E-state index contributed by atoms with van der Waals surface area (Å²) >= 11 is 0. The second kappa shape index (κ2) is 15.8. The number of benzene rings is 8. The first kappa shape index (κ1) is 42.7. The Morgan fingerprint density at radius 1 is 0.338 bits per heavy atom. The van der Waals surface area contributed by atoms with E-state index in [4.69, 9.17) is 9.97 Å². The van der Waals surface area contributed by atoms with E-state index in [-0.39, 0.29) is 10.8 Å². The molecule has 0 amide bonds. The molecule has 0 spiro atoms. The minimum absolute atomic E-state index is 0.0387. The molecule has 0 radical (unpaired) electrons. The van der Waals surface area contributed by atoms with Gasteiger partial charge in [-0.1, -0.05) is 175 Å². The van der Waals surface area contributed by atoms with E-state index in [1.165, 1.54) is 65.9 Å². The minimum atomic E-state index is -0.816. The van der Waals surface area contributed by atoms with E-state index in [2.05, 4.69) is 269 Å². The minimum Gasteiger partial charge on any atom is -0.309 e. The molecule has 0 saturated carbocycles. The molecule has 1 aliphatic rings. The second-order valence-corrected chi connectivity index (χ2v) is 21.4. The lowest BCUT2D eigenvalue weighted by Gasteiger charge is -2.33. The normalized spacial score (nSPS) is 13.3. The number of fused-ring (bicyclic) bond motifs is 9. The molecule has 12 aromatic rings. The molecular weight excluding hydrogens is 861 g/mol. The highest BCUT2D eigenvalue weighted by molar-refractivity contribution is 6.12. The molecule has 0 atom stereocenters. The van der Waals surface area contributed by atoms with Crippen LogP contribution < -0.4 is 0 Å². The van der Waals surface area contributed by atoms with Gasteiger partial charge in [0.1, 0.15) is 0 Å². The lowest BCUT2D eigenvalue weighted by Crippen LogP contribution is -2.28. The maximum Gasteiger partial charge on any atom is 0.0945 e. The molecule has 8 aromatic carbocycles. The number of para-hydroxylation sites is 2. The zero-order chi connectivity index (χ0) is 48.2. The van der Waals surface area contributed by atoms with Crippen molar-refractivity contribution in [2.24, 2.45) is 0 Å². The van der Waals surface area contributed by atoms with Gasteiger partial charge in [0.25, 0.3) is 0 Å². The Morgan fingerprint density at radius 2 is 0.676 bits per heavy atom. The van der Waals surface area contributed by atoms with E-state index in [1.807, 2.05) is 0 Å². The van der Waals surface area contributed by atoms with Crippen molar-refractivity contribution in [1.82, 2.24) is 19.1 Å². The van der Waals surface area contributed by atoms with Crippen molar-refractivity contribution in [3.05, 3.63) is 252 Å². The summed E-state index contributed by atoms with van der Waals surface area (Å²) in [7, 11) is 0. The molecule has 4 heteroatoms. The van der Waals surface area contributed by atoms with Crippen LogP contribution in [0.2, 0.25) is 0 Å². The maximum atomic E-state index is 5.66. The van der Waals surface area contributed by atoms with Gasteiger partial charge in [0.05, 0.1) is 50.3 Å². The largest absolute Gasteiger partial charge is 0.309 e. The van der Waals surface area contributed by atoms with Crippen LogP contribution in [-0.4, -0.2) is 19.1 Å². The lowest BCUT2D eigenvalue weighted by atomic mass is 9.67. The Kier molecular flexibility index (Phi) is 9.54. The van der Waals surface area contributed by atoms with Gasteiger partial charge in [-0.2, -0.15) is 0 Å². The first-order valence-electron chi connectivity index (χ1n) is 24.9. The summed E-state index contributed by atoms with van der Waals surface area (Å²) in [5, 5.41) is 4.89. The fourth-order valence-corrected chi connectivity index (χ4v) is 11.5. The zero-order valence-corrected chi connectivity index (χ0v) is 41.1. The van der Waals surface area contributed by atoms with E-state index in [9.17, 15) is 0 Å². The van der Waals surface area contributed by atoms with Gasteiger partial charge in [0.15, 0.2) is 0 Å². The second-order valence-electron chi connectivity index (χ2n) is 21.4. The van der Waals surface area contributed by atoms with Gasteiger partial charge in [-0.15, -0.1) is 0 Å². The number of pyridine rings is 2. The van der Waals surface area contributed by atoms with Gasteiger partial charge >= 0.3 is 0 Å². The Labute approximate surface area is 415 Å². The van der Waals surface area contributed by atoms with E-state index in [1.54, 1.807) is 0 Å². The first-order valence-corrected chi connectivity index (χ1v) is 24.9. The van der Waals surface area contributed by atoms with Crippen molar-refractivity contribution in [2.45, 2.75) is 57.8 Å². The van der Waals surface area contributed by atoms with Crippen LogP contribution in [0.3, 0.4) is 0 Å². The maximum absolute atomic E-state index is 5.66. The summed E-state index contributed by atoms with van der Waals surface area (Å²) in [5.41, 5.74) is 19.1. The van der Waals surface area contributed by atoms with Crippen LogP contribution in [0.5, 0.6) is 0 Å². The van der Waals surface area contributed by atoms with Crippen LogP contribution in [0, 0.1) is 0 Å². The van der Waals surface area contributed by atoms with E-state index in [0.717, 1.165) is 56.4 Å². The third-order valence-electron chi connectivity index (χ3n) is 15.1. The third kappa shape index (κ3) is 6.65. The van der Waals surface area contributed by atoms with Crippen molar-refractivity contribution >= 4 is 43.6 Å². The summed E-state index contributed by atoms with van der Waals surface area (Å²) in [4.78, 5) is 11.3. The molecule has 342 valence electrons. The molecule has 0 unspecified atom stereocenters. The Hall–Kier alpha value is -8.34. The standard InChI is InChI=1S/C67H54N4/c1-65(2,3)45-27-35-59-51(39-45)53-41-47(29-37-61(53)70(59)49-23-15-9-16-24-49)67(48-30-38-62-54(42-48)52-40-46(66(4,5)6)28-36-60(52)71(62)50-25-17-10-18-26-50)55-31-33-57(43-19-11-7-12-20-43)68-63(55)64-56(67)32-34-58(69-64)44-21-13-8-14-22-44/h7-42H,1-6H3. The van der Waals surface area contributed by atoms with E-state index in [0.29, 0.717) is 0 Å². The van der Waals surface area contributed by atoms with E-state index < -0.39 is 5.41 Å². The summed E-state index contributed by atoms with van der Waals surface area (Å²) in [6, 6.07) is 80.4. The van der Waals surface area contributed by atoms with Crippen LogP contribution in [-0.2, 0) is 16.2 Å². The molecule has 0 aliphatic heterocycles. The third-order valence-corrected chi connectivity index (χ3v) is 15.1. The van der Waals surface area contributed by atoms with Crippen molar-refractivity contribution in [1.29, 1.82) is 0 Å². The highest BCUT2D eigenvalue weighted by Crippen LogP contribution is 2.57. The fourth-order valence-electron chi connectivity index (χ4n) is 11.5. The highest BCUT2D eigenvalue weighted by atomic mass is 15.0. The molecule has 0 bridgehead atoms. The Bertz CT molecular complexity index is 3770.